The first-order valence-electron chi connectivity index (χ1n) is 5.01. The van der Waals surface area contributed by atoms with Crippen LogP contribution in [0.2, 0.25) is 5.02 Å². The smallest absolute Gasteiger partial charge is 0.159 e. The molecule has 5 heteroatoms. The first-order valence-corrected chi connectivity index (χ1v) is 6.21. The van der Waals surface area contributed by atoms with Gasteiger partial charge in [-0.1, -0.05) is 17.7 Å². The van der Waals surface area contributed by atoms with E-state index in [0.29, 0.717) is 15.7 Å². The van der Waals surface area contributed by atoms with Crippen LogP contribution in [0, 0.1) is 25.2 Å². The highest BCUT2D eigenvalue weighted by atomic mass is 35.5. The molecular weight excluding hydrogens is 254 g/mol. The maximum Gasteiger partial charge on any atom is 0.159 e. The van der Waals surface area contributed by atoms with Crippen molar-refractivity contribution in [1.29, 1.82) is 5.26 Å². The van der Waals surface area contributed by atoms with Crippen LogP contribution in [0.25, 0.3) is 0 Å². The number of aryl methyl sites for hydroxylation is 1. The van der Waals surface area contributed by atoms with Crippen molar-refractivity contribution in [2.24, 2.45) is 0 Å². The fourth-order valence-corrected chi connectivity index (χ4v) is 2.30. The van der Waals surface area contributed by atoms with Crippen molar-refractivity contribution in [3.8, 4) is 6.07 Å². The maximum absolute atomic E-state index is 8.99. The molecule has 0 amide bonds. The molecule has 0 aliphatic carbocycles. The number of hydrogen-bond donors (Lipinski definition) is 1. The van der Waals surface area contributed by atoms with Crippen molar-refractivity contribution >= 4 is 34.4 Å². The molecule has 0 unspecified atom stereocenters. The van der Waals surface area contributed by atoms with E-state index in [4.69, 9.17) is 16.9 Å². The molecule has 3 nitrogen and oxygen atoms in total. The monoisotopic (exact) mass is 263 g/mol. The lowest BCUT2D eigenvalue weighted by Gasteiger charge is -2.08. The predicted octanol–water partition coefficient (Wildman–Crippen LogP) is 4.03. The lowest BCUT2D eigenvalue weighted by atomic mass is 10.2. The molecule has 0 spiro atoms. The quantitative estimate of drug-likeness (QED) is 0.890. The number of aromatic nitrogens is 1. The van der Waals surface area contributed by atoms with Gasteiger partial charge in [0, 0.05) is 10.7 Å². The van der Waals surface area contributed by atoms with Crippen molar-refractivity contribution in [2.45, 2.75) is 13.8 Å². The molecule has 0 aliphatic heterocycles. The summed E-state index contributed by atoms with van der Waals surface area (Å²) < 4.78 is 0. The summed E-state index contributed by atoms with van der Waals surface area (Å²) in [6, 6.07) is 7.74. The van der Waals surface area contributed by atoms with E-state index in [1.165, 1.54) is 11.3 Å². The Bertz CT molecular complexity index is 598. The van der Waals surface area contributed by atoms with Crippen LogP contribution in [0.4, 0.5) is 11.5 Å². The van der Waals surface area contributed by atoms with Gasteiger partial charge in [0.2, 0.25) is 0 Å². The van der Waals surface area contributed by atoms with Gasteiger partial charge in [0.1, 0.15) is 10.9 Å². The number of nitrogens with zero attached hydrogens (tertiary/aromatic N) is 2. The number of benzene rings is 1. The SMILES string of the molecule is Cc1nc(Nc2cccc(Cl)c2C)c(C#N)s1. The van der Waals surface area contributed by atoms with E-state index in [0.717, 1.165) is 16.3 Å². The molecule has 0 bridgehead atoms. The Morgan fingerprint density at radius 3 is 2.88 bits per heavy atom. The lowest BCUT2D eigenvalue weighted by Crippen LogP contribution is -1.95. The fourth-order valence-electron chi connectivity index (χ4n) is 1.46. The van der Waals surface area contributed by atoms with Gasteiger partial charge in [-0.15, -0.1) is 11.3 Å². The summed E-state index contributed by atoms with van der Waals surface area (Å²) in [6.45, 7) is 3.80. The van der Waals surface area contributed by atoms with Crippen LogP contribution in [-0.4, -0.2) is 4.98 Å². The highest BCUT2D eigenvalue weighted by molar-refractivity contribution is 7.12. The Hall–Kier alpha value is -1.57. The van der Waals surface area contributed by atoms with Gasteiger partial charge < -0.3 is 5.32 Å². The van der Waals surface area contributed by atoms with Gasteiger partial charge in [-0.2, -0.15) is 5.26 Å². The van der Waals surface area contributed by atoms with Gasteiger partial charge in [-0.25, -0.2) is 4.98 Å². The zero-order valence-corrected chi connectivity index (χ0v) is 11.0. The third kappa shape index (κ3) is 2.41. The highest BCUT2D eigenvalue weighted by Crippen LogP contribution is 2.29. The lowest BCUT2D eigenvalue weighted by molar-refractivity contribution is 1.27. The molecule has 1 heterocycles. The average molecular weight is 264 g/mol. The number of thiazole rings is 1. The predicted molar refractivity (Wildman–Crippen MR) is 71.0 cm³/mol. The standard InChI is InChI=1S/C12H10ClN3S/c1-7-9(13)4-3-5-10(7)16-12-11(6-14)17-8(2)15-12/h3-5,16H,1-2H3. The molecule has 1 N–H and O–H groups in total. The molecule has 1 aromatic heterocycles. The summed E-state index contributed by atoms with van der Waals surface area (Å²) in [6.07, 6.45) is 0. The first kappa shape index (κ1) is 11.9. The third-order valence-corrected chi connectivity index (χ3v) is 3.64. The van der Waals surface area contributed by atoms with Crippen LogP contribution in [0.1, 0.15) is 15.4 Å². The molecule has 0 saturated carbocycles. The van der Waals surface area contributed by atoms with Crippen LogP contribution >= 0.6 is 22.9 Å². The van der Waals surface area contributed by atoms with E-state index >= 15 is 0 Å². The third-order valence-electron chi connectivity index (χ3n) is 2.36. The topological polar surface area (TPSA) is 48.7 Å². The molecule has 0 atom stereocenters. The Morgan fingerprint density at radius 2 is 2.18 bits per heavy atom. The summed E-state index contributed by atoms with van der Waals surface area (Å²) in [5.74, 6) is 0.598. The summed E-state index contributed by atoms with van der Waals surface area (Å²) in [5, 5.41) is 13.7. The minimum absolute atomic E-state index is 0.585. The fraction of sp³-hybridized carbons (Fsp3) is 0.167. The van der Waals surface area contributed by atoms with Gasteiger partial charge >= 0.3 is 0 Å². The van der Waals surface area contributed by atoms with E-state index in [-0.39, 0.29) is 0 Å². The van der Waals surface area contributed by atoms with Crippen LogP contribution in [0.5, 0.6) is 0 Å². The van der Waals surface area contributed by atoms with Crippen molar-refractivity contribution in [1.82, 2.24) is 4.98 Å². The average Bonchev–Trinajstić information content (AvgIpc) is 2.65. The molecule has 1 aromatic carbocycles. The molecule has 2 rings (SSSR count). The molecule has 2 aromatic rings. The van der Waals surface area contributed by atoms with Gasteiger partial charge in [0.15, 0.2) is 5.82 Å². The number of anilines is 2. The van der Waals surface area contributed by atoms with Crippen LogP contribution < -0.4 is 5.32 Å². The number of hydrogen-bond acceptors (Lipinski definition) is 4. The summed E-state index contributed by atoms with van der Waals surface area (Å²) in [4.78, 5) is 4.87. The number of nitriles is 1. The normalized spacial score (nSPS) is 10.0. The van der Waals surface area contributed by atoms with E-state index in [1.807, 2.05) is 32.0 Å². The van der Waals surface area contributed by atoms with Crippen molar-refractivity contribution in [3.63, 3.8) is 0 Å². The Kier molecular flexibility index (Phi) is 3.32. The number of nitrogens with one attached hydrogen (secondary N) is 1. The molecule has 86 valence electrons. The van der Waals surface area contributed by atoms with Crippen molar-refractivity contribution in [2.75, 3.05) is 5.32 Å². The number of rotatable bonds is 2. The molecule has 0 fully saturated rings. The van der Waals surface area contributed by atoms with Gasteiger partial charge in [-0.3, -0.25) is 0 Å². The zero-order chi connectivity index (χ0) is 12.4. The minimum atomic E-state index is 0.585. The summed E-state index contributed by atoms with van der Waals surface area (Å²) in [5.41, 5.74) is 1.82. The second-order valence-corrected chi connectivity index (χ2v) is 5.17. The van der Waals surface area contributed by atoms with E-state index < -0.39 is 0 Å². The van der Waals surface area contributed by atoms with Gasteiger partial charge in [-0.05, 0) is 31.5 Å². The van der Waals surface area contributed by atoms with Crippen LogP contribution in [0.15, 0.2) is 18.2 Å². The van der Waals surface area contributed by atoms with E-state index in [2.05, 4.69) is 16.4 Å². The second kappa shape index (κ2) is 4.74. The largest absolute Gasteiger partial charge is 0.338 e. The second-order valence-electron chi connectivity index (χ2n) is 3.56. The zero-order valence-electron chi connectivity index (χ0n) is 9.41. The Balaban J connectivity index is 2.38. The molecule has 0 radical (unpaired) electrons. The van der Waals surface area contributed by atoms with E-state index in [1.54, 1.807) is 0 Å². The van der Waals surface area contributed by atoms with Crippen LogP contribution in [-0.2, 0) is 0 Å². The van der Waals surface area contributed by atoms with Gasteiger partial charge in [0.05, 0.1) is 5.01 Å². The summed E-state index contributed by atoms with van der Waals surface area (Å²) >= 11 is 7.41. The summed E-state index contributed by atoms with van der Waals surface area (Å²) in [7, 11) is 0. The maximum atomic E-state index is 8.99. The Morgan fingerprint density at radius 1 is 1.41 bits per heavy atom. The van der Waals surface area contributed by atoms with Gasteiger partial charge in [0.25, 0.3) is 0 Å². The highest BCUT2D eigenvalue weighted by Gasteiger charge is 2.10. The number of halogens is 1. The molecule has 0 aliphatic rings. The van der Waals surface area contributed by atoms with E-state index in [9.17, 15) is 0 Å². The van der Waals surface area contributed by atoms with Crippen LogP contribution in [0.3, 0.4) is 0 Å². The molecule has 17 heavy (non-hydrogen) atoms. The first-order chi connectivity index (χ1) is 8.11. The minimum Gasteiger partial charge on any atom is -0.338 e. The van der Waals surface area contributed by atoms with Crippen molar-refractivity contribution in [3.05, 3.63) is 38.7 Å². The Labute approximate surface area is 109 Å². The molecule has 0 saturated heterocycles. The van der Waals surface area contributed by atoms with Crippen molar-refractivity contribution < 1.29 is 0 Å². The molecular formula is C12H10ClN3S.